The lowest BCUT2D eigenvalue weighted by molar-refractivity contribution is 0.244. The molecular weight excluding hydrogens is 277 g/mol. The molecule has 1 unspecified atom stereocenters. The van der Waals surface area contributed by atoms with E-state index in [0.717, 1.165) is 12.2 Å². The third-order valence-corrected chi connectivity index (χ3v) is 4.05. The van der Waals surface area contributed by atoms with Crippen LogP contribution in [0.5, 0.6) is 0 Å². The molecule has 3 N–H and O–H groups in total. The van der Waals surface area contributed by atoms with E-state index in [1.165, 1.54) is 6.07 Å². The lowest BCUT2D eigenvalue weighted by atomic mass is 10.1. The zero-order valence-corrected chi connectivity index (χ0v) is 13.0. The molecule has 0 aliphatic carbocycles. The van der Waals surface area contributed by atoms with Crippen LogP contribution >= 0.6 is 11.8 Å². The van der Waals surface area contributed by atoms with Crippen molar-refractivity contribution < 1.29 is 9.60 Å². The molecule has 6 heteroatoms. The number of oxime groups is 1. The van der Waals surface area contributed by atoms with Gasteiger partial charge in [-0.1, -0.05) is 24.2 Å². The van der Waals surface area contributed by atoms with Gasteiger partial charge in [-0.05, 0) is 25.8 Å². The molecule has 1 rings (SSSR count). The Hall–Kier alpha value is -1.27. The minimum Gasteiger partial charge on any atom is -0.409 e. The third kappa shape index (κ3) is 4.11. The van der Waals surface area contributed by atoms with E-state index in [1.54, 1.807) is 23.9 Å². The van der Waals surface area contributed by atoms with Gasteiger partial charge in [0.15, 0.2) is 5.84 Å². The summed E-state index contributed by atoms with van der Waals surface area (Å²) in [5.41, 5.74) is 6.16. The number of benzene rings is 1. The fourth-order valence-electron chi connectivity index (χ4n) is 2.10. The molecule has 112 valence electrons. The van der Waals surface area contributed by atoms with Crippen molar-refractivity contribution in [3.63, 3.8) is 0 Å². The van der Waals surface area contributed by atoms with Crippen molar-refractivity contribution >= 4 is 17.6 Å². The van der Waals surface area contributed by atoms with Crippen molar-refractivity contribution in [3.05, 3.63) is 35.1 Å². The van der Waals surface area contributed by atoms with E-state index in [0.29, 0.717) is 18.2 Å². The monoisotopic (exact) mass is 299 g/mol. The highest BCUT2D eigenvalue weighted by atomic mass is 32.2. The van der Waals surface area contributed by atoms with E-state index in [4.69, 9.17) is 10.9 Å². The van der Waals surface area contributed by atoms with Crippen LogP contribution in [0, 0.1) is 5.82 Å². The number of rotatable bonds is 7. The second-order valence-corrected chi connectivity index (χ2v) is 5.61. The molecule has 0 radical (unpaired) electrons. The highest BCUT2D eigenvalue weighted by molar-refractivity contribution is 7.98. The van der Waals surface area contributed by atoms with Gasteiger partial charge in [-0.3, -0.25) is 4.90 Å². The number of nitrogens with two attached hydrogens (primary N) is 1. The highest BCUT2D eigenvalue weighted by Gasteiger charge is 2.16. The maximum atomic E-state index is 14.3. The van der Waals surface area contributed by atoms with Gasteiger partial charge in [0.25, 0.3) is 0 Å². The minimum absolute atomic E-state index is 0.135. The van der Waals surface area contributed by atoms with Crippen molar-refractivity contribution in [1.29, 1.82) is 0 Å². The first-order chi connectivity index (χ1) is 9.54. The largest absolute Gasteiger partial charge is 0.409 e. The molecule has 0 aliphatic heterocycles. The van der Waals surface area contributed by atoms with E-state index >= 15 is 0 Å². The Morgan fingerprint density at radius 3 is 2.80 bits per heavy atom. The Kier molecular flexibility index (Phi) is 6.81. The molecule has 0 bridgehead atoms. The van der Waals surface area contributed by atoms with Crippen LogP contribution in [-0.2, 0) is 6.54 Å². The Morgan fingerprint density at radius 1 is 1.55 bits per heavy atom. The van der Waals surface area contributed by atoms with Crippen LogP contribution < -0.4 is 5.73 Å². The van der Waals surface area contributed by atoms with Crippen molar-refractivity contribution in [3.8, 4) is 0 Å². The highest BCUT2D eigenvalue weighted by Crippen LogP contribution is 2.17. The van der Waals surface area contributed by atoms with Crippen LogP contribution in [0.4, 0.5) is 4.39 Å². The van der Waals surface area contributed by atoms with Gasteiger partial charge in [-0.15, -0.1) is 0 Å². The lowest BCUT2D eigenvalue weighted by Crippen LogP contribution is -2.33. The van der Waals surface area contributed by atoms with Gasteiger partial charge in [0.05, 0.1) is 5.56 Å². The van der Waals surface area contributed by atoms with Gasteiger partial charge in [0, 0.05) is 23.9 Å². The fourth-order valence-corrected chi connectivity index (χ4v) is 2.98. The van der Waals surface area contributed by atoms with Crippen LogP contribution in [0.1, 0.15) is 24.5 Å². The number of hydrogen-bond donors (Lipinski definition) is 2. The topological polar surface area (TPSA) is 61.8 Å². The molecule has 1 aromatic rings. The molecule has 0 aromatic heterocycles. The summed E-state index contributed by atoms with van der Waals surface area (Å²) in [4.78, 5) is 2.13. The van der Waals surface area contributed by atoms with Crippen LogP contribution in [0.2, 0.25) is 0 Å². The van der Waals surface area contributed by atoms with Crippen LogP contribution in [0.15, 0.2) is 23.4 Å². The molecule has 1 aromatic carbocycles. The van der Waals surface area contributed by atoms with E-state index < -0.39 is 5.82 Å². The molecule has 0 heterocycles. The van der Waals surface area contributed by atoms with Gasteiger partial charge in [-0.25, -0.2) is 4.39 Å². The second-order valence-electron chi connectivity index (χ2n) is 4.70. The van der Waals surface area contributed by atoms with E-state index in [9.17, 15) is 4.39 Å². The summed E-state index contributed by atoms with van der Waals surface area (Å²) >= 11 is 1.78. The average molecular weight is 299 g/mol. The van der Waals surface area contributed by atoms with E-state index in [-0.39, 0.29) is 11.4 Å². The molecule has 0 amide bonds. The summed E-state index contributed by atoms with van der Waals surface area (Å²) in [5.74, 6) is 0.381. The molecule has 0 aliphatic rings. The SMILES string of the molecule is CCC(CSC)N(C)Cc1cccc(/C(N)=N/O)c1F. The second kappa shape index (κ2) is 8.11. The molecular formula is C14H22FN3OS. The normalized spacial score (nSPS) is 13.8. The predicted molar refractivity (Wildman–Crippen MR) is 82.8 cm³/mol. The van der Waals surface area contributed by atoms with Crippen molar-refractivity contribution in [2.45, 2.75) is 25.9 Å². The summed E-state index contributed by atoms with van der Waals surface area (Å²) in [6, 6.07) is 5.35. The summed E-state index contributed by atoms with van der Waals surface area (Å²) < 4.78 is 14.3. The summed E-state index contributed by atoms with van der Waals surface area (Å²) in [5, 5.41) is 11.5. The van der Waals surface area contributed by atoms with Crippen LogP contribution in [0.3, 0.4) is 0 Å². The number of halogens is 1. The first kappa shape index (κ1) is 16.8. The van der Waals surface area contributed by atoms with Crippen LogP contribution in [-0.4, -0.2) is 41.0 Å². The molecule has 0 spiro atoms. The smallest absolute Gasteiger partial charge is 0.173 e. The van der Waals surface area contributed by atoms with Gasteiger partial charge < -0.3 is 10.9 Å². The quantitative estimate of drug-likeness (QED) is 0.351. The third-order valence-electron chi connectivity index (χ3n) is 3.34. The molecule has 4 nitrogen and oxygen atoms in total. The number of amidine groups is 1. The summed E-state index contributed by atoms with van der Waals surface area (Å²) in [6.45, 7) is 2.62. The summed E-state index contributed by atoms with van der Waals surface area (Å²) in [6.07, 6.45) is 3.08. The summed E-state index contributed by atoms with van der Waals surface area (Å²) in [7, 11) is 1.99. The van der Waals surface area contributed by atoms with Crippen LogP contribution in [0.25, 0.3) is 0 Å². The molecule has 1 atom stereocenters. The number of hydrogen-bond acceptors (Lipinski definition) is 4. The average Bonchev–Trinajstić information content (AvgIpc) is 2.45. The number of thioether (sulfide) groups is 1. The number of nitrogens with zero attached hydrogens (tertiary/aromatic N) is 2. The zero-order valence-electron chi connectivity index (χ0n) is 12.1. The van der Waals surface area contributed by atoms with Gasteiger partial charge in [0.1, 0.15) is 5.82 Å². The molecule has 0 saturated carbocycles. The van der Waals surface area contributed by atoms with Crippen molar-refractivity contribution in [2.24, 2.45) is 10.9 Å². The predicted octanol–water partition coefficient (Wildman–Crippen LogP) is 2.49. The molecule has 0 saturated heterocycles. The van der Waals surface area contributed by atoms with E-state index in [2.05, 4.69) is 23.2 Å². The lowest BCUT2D eigenvalue weighted by Gasteiger charge is -2.27. The van der Waals surface area contributed by atoms with Crippen molar-refractivity contribution in [2.75, 3.05) is 19.1 Å². The van der Waals surface area contributed by atoms with Crippen molar-refractivity contribution in [1.82, 2.24) is 4.90 Å². The maximum Gasteiger partial charge on any atom is 0.173 e. The first-order valence-electron chi connectivity index (χ1n) is 6.49. The fraction of sp³-hybridized carbons (Fsp3) is 0.500. The standard InChI is InChI=1S/C14H22FN3OS/c1-4-11(9-20-3)18(2)8-10-6-5-7-12(13(10)15)14(16)17-19/h5-7,11,19H,4,8-9H2,1-3H3,(H2,16,17). The van der Waals surface area contributed by atoms with E-state index in [1.807, 2.05) is 7.05 Å². The van der Waals surface area contributed by atoms with Gasteiger partial charge in [-0.2, -0.15) is 11.8 Å². The Bertz CT molecular complexity index is 468. The molecule has 20 heavy (non-hydrogen) atoms. The zero-order chi connectivity index (χ0) is 15.1. The Labute approximate surface area is 123 Å². The molecule has 0 fully saturated rings. The van der Waals surface area contributed by atoms with Gasteiger partial charge >= 0.3 is 0 Å². The van der Waals surface area contributed by atoms with Gasteiger partial charge in [0.2, 0.25) is 0 Å². The Morgan fingerprint density at radius 2 is 2.25 bits per heavy atom. The minimum atomic E-state index is -0.423. The first-order valence-corrected chi connectivity index (χ1v) is 7.88. The maximum absolute atomic E-state index is 14.3. The Balaban J connectivity index is 2.93.